The zero-order valence-corrected chi connectivity index (χ0v) is 12.7. The van der Waals surface area contributed by atoms with Crippen molar-refractivity contribution in [2.45, 2.75) is 26.2 Å². The number of ether oxygens (including phenoxy) is 2. The summed E-state index contributed by atoms with van der Waals surface area (Å²) in [5, 5.41) is 6.08. The molecule has 0 spiro atoms. The molecule has 1 aliphatic heterocycles. The second-order valence-corrected chi connectivity index (χ2v) is 5.11. The van der Waals surface area contributed by atoms with Crippen LogP contribution >= 0.6 is 0 Å². The van der Waals surface area contributed by atoms with Crippen molar-refractivity contribution >= 4 is 11.9 Å². The number of rotatable bonds is 5. The number of anilines is 1. The summed E-state index contributed by atoms with van der Waals surface area (Å²) < 4.78 is 10.2. The van der Waals surface area contributed by atoms with Gasteiger partial charge in [0.2, 0.25) is 23.6 Å². The van der Waals surface area contributed by atoms with E-state index >= 15 is 0 Å². The van der Waals surface area contributed by atoms with Gasteiger partial charge < -0.3 is 14.8 Å². The molecule has 2 N–H and O–H groups in total. The molecule has 1 saturated heterocycles. The van der Waals surface area contributed by atoms with Crippen molar-refractivity contribution in [2.24, 2.45) is 5.41 Å². The van der Waals surface area contributed by atoms with Crippen LogP contribution < -0.4 is 20.1 Å². The van der Waals surface area contributed by atoms with Gasteiger partial charge in [0.1, 0.15) is 0 Å². The van der Waals surface area contributed by atoms with E-state index in [0.29, 0.717) is 11.8 Å². The van der Waals surface area contributed by atoms with Crippen molar-refractivity contribution in [3.05, 3.63) is 6.07 Å². The first kappa shape index (κ1) is 15.5. The number of methoxy groups -OCH3 is 2. The molecule has 0 bridgehead atoms. The highest BCUT2D eigenvalue weighted by Gasteiger charge is 2.38. The number of piperidine rings is 1. The van der Waals surface area contributed by atoms with Crippen LogP contribution in [0.15, 0.2) is 6.07 Å². The zero-order chi connectivity index (χ0) is 15.3. The molecule has 0 radical (unpaired) electrons. The molecular weight excluding hydrogens is 272 g/mol. The topological polar surface area (TPSA) is 85.4 Å². The third kappa shape index (κ3) is 3.41. The lowest BCUT2D eigenvalue weighted by Crippen LogP contribution is -2.44. The molecule has 2 heterocycles. The van der Waals surface area contributed by atoms with Gasteiger partial charge in [-0.25, -0.2) is 0 Å². The molecule has 1 aliphatic rings. The number of hydrogen-bond donors (Lipinski definition) is 2. The van der Waals surface area contributed by atoms with Crippen LogP contribution in [-0.4, -0.2) is 43.2 Å². The Morgan fingerprint density at radius 2 is 1.86 bits per heavy atom. The standard InChI is InChI=1S/C14H22N4O3/c1-4-14(5-7-15-8-6-14)12(19)18-13-16-10(20-2)9-11(17-13)21-3/h9,15H,4-8H2,1-3H3,(H,16,17,18,19). The highest BCUT2D eigenvalue weighted by molar-refractivity contribution is 5.94. The Kier molecular flexibility index (Phi) is 4.95. The smallest absolute Gasteiger partial charge is 0.236 e. The van der Waals surface area contributed by atoms with E-state index in [1.807, 2.05) is 6.92 Å². The predicted octanol–water partition coefficient (Wildman–Crippen LogP) is 1.21. The molecule has 2 rings (SSSR count). The maximum Gasteiger partial charge on any atom is 0.236 e. The van der Waals surface area contributed by atoms with Crippen LogP contribution in [0.4, 0.5) is 5.95 Å². The highest BCUT2D eigenvalue weighted by Crippen LogP contribution is 2.33. The minimum absolute atomic E-state index is 0.0400. The molecule has 1 aromatic rings. The van der Waals surface area contributed by atoms with Gasteiger partial charge in [0, 0.05) is 0 Å². The Balaban J connectivity index is 2.18. The number of amides is 1. The number of carbonyl (C=O) groups is 1. The summed E-state index contributed by atoms with van der Waals surface area (Å²) in [6.07, 6.45) is 2.43. The molecular formula is C14H22N4O3. The molecule has 1 fully saturated rings. The fourth-order valence-electron chi connectivity index (χ4n) is 2.55. The fraction of sp³-hybridized carbons (Fsp3) is 0.643. The van der Waals surface area contributed by atoms with Gasteiger partial charge in [0.25, 0.3) is 0 Å². The average molecular weight is 294 g/mol. The normalized spacial score (nSPS) is 17.1. The van der Waals surface area contributed by atoms with Crippen LogP contribution in [0, 0.1) is 5.41 Å². The maximum atomic E-state index is 12.6. The second kappa shape index (κ2) is 6.71. The SMILES string of the molecule is CCC1(C(=O)Nc2nc(OC)cc(OC)n2)CCNCC1. The van der Waals surface area contributed by atoms with E-state index in [1.54, 1.807) is 6.07 Å². The van der Waals surface area contributed by atoms with E-state index in [2.05, 4.69) is 20.6 Å². The van der Waals surface area contributed by atoms with E-state index in [4.69, 9.17) is 9.47 Å². The van der Waals surface area contributed by atoms with E-state index in [0.717, 1.165) is 32.4 Å². The van der Waals surface area contributed by atoms with Gasteiger partial charge in [0.05, 0.1) is 25.7 Å². The number of aromatic nitrogens is 2. The molecule has 116 valence electrons. The van der Waals surface area contributed by atoms with Crippen molar-refractivity contribution in [1.29, 1.82) is 0 Å². The largest absolute Gasteiger partial charge is 0.481 e. The van der Waals surface area contributed by atoms with E-state index in [-0.39, 0.29) is 17.3 Å². The number of hydrogen-bond acceptors (Lipinski definition) is 6. The Hall–Kier alpha value is -1.89. The zero-order valence-electron chi connectivity index (χ0n) is 12.7. The summed E-state index contributed by atoms with van der Waals surface area (Å²) in [6.45, 7) is 3.74. The Morgan fingerprint density at radius 3 is 2.33 bits per heavy atom. The van der Waals surface area contributed by atoms with Gasteiger partial charge in [0.15, 0.2) is 0 Å². The average Bonchev–Trinajstić information content (AvgIpc) is 2.54. The van der Waals surface area contributed by atoms with Crippen LogP contribution in [0.2, 0.25) is 0 Å². The first-order valence-corrected chi connectivity index (χ1v) is 7.13. The quantitative estimate of drug-likeness (QED) is 0.849. The summed E-state index contributed by atoms with van der Waals surface area (Å²) in [5.74, 6) is 0.880. The Labute approximate surface area is 124 Å². The third-order valence-corrected chi connectivity index (χ3v) is 4.04. The summed E-state index contributed by atoms with van der Waals surface area (Å²) in [6, 6.07) is 1.57. The third-order valence-electron chi connectivity index (χ3n) is 4.04. The van der Waals surface area contributed by atoms with Crippen LogP contribution in [0.1, 0.15) is 26.2 Å². The van der Waals surface area contributed by atoms with Crippen LogP contribution in [0.25, 0.3) is 0 Å². The van der Waals surface area contributed by atoms with E-state index < -0.39 is 0 Å². The molecule has 1 aromatic heterocycles. The molecule has 0 atom stereocenters. The lowest BCUT2D eigenvalue weighted by atomic mass is 9.76. The number of nitrogens with zero attached hydrogens (tertiary/aromatic N) is 2. The first-order valence-electron chi connectivity index (χ1n) is 7.13. The Morgan fingerprint density at radius 1 is 1.29 bits per heavy atom. The molecule has 0 aromatic carbocycles. The van der Waals surface area contributed by atoms with Crippen LogP contribution in [0.3, 0.4) is 0 Å². The maximum absolute atomic E-state index is 12.6. The molecule has 21 heavy (non-hydrogen) atoms. The summed E-state index contributed by atoms with van der Waals surface area (Å²) >= 11 is 0. The summed E-state index contributed by atoms with van der Waals surface area (Å²) in [7, 11) is 3.02. The van der Waals surface area contributed by atoms with Gasteiger partial charge >= 0.3 is 0 Å². The van der Waals surface area contributed by atoms with E-state index in [9.17, 15) is 4.79 Å². The first-order chi connectivity index (χ1) is 10.1. The lowest BCUT2D eigenvalue weighted by Gasteiger charge is -2.35. The molecule has 0 aliphatic carbocycles. The number of nitrogens with one attached hydrogen (secondary N) is 2. The predicted molar refractivity (Wildman–Crippen MR) is 78.6 cm³/mol. The van der Waals surface area contributed by atoms with Crippen molar-refractivity contribution in [3.63, 3.8) is 0 Å². The van der Waals surface area contributed by atoms with Crippen molar-refractivity contribution < 1.29 is 14.3 Å². The molecule has 7 nitrogen and oxygen atoms in total. The van der Waals surface area contributed by atoms with Gasteiger partial charge in [-0.2, -0.15) is 9.97 Å². The van der Waals surface area contributed by atoms with Crippen molar-refractivity contribution in [1.82, 2.24) is 15.3 Å². The molecule has 7 heteroatoms. The monoisotopic (exact) mass is 294 g/mol. The summed E-state index contributed by atoms with van der Waals surface area (Å²) in [5.41, 5.74) is -0.356. The van der Waals surface area contributed by atoms with Gasteiger partial charge in [-0.05, 0) is 32.4 Å². The Bertz CT molecular complexity index is 479. The molecule has 1 amide bonds. The van der Waals surface area contributed by atoms with E-state index in [1.165, 1.54) is 14.2 Å². The fourth-order valence-corrected chi connectivity index (χ4v) is 2.55. The van der Waals surface area contributed by atoms with Gasteiger partial charge in [-0.15, -0.1) is 0 Å². The minimum atomic E-state index is -0.356. The van der Waals surface area contributed by atoms with Crippen molar-refractivity contribution in [2.75, 3.05) is 32.6 Å². The second-order valence-electron chi connectivity index (χ2n) is 5.11. The highest BCUT2D eigenvalue weighted by atomic mass is 16.5. The molecule has 0 saturated carbocycles. The number of carbonyl (C=O) groups excluding carboxylic acids is 1. The van der Waals surface area contributed by atoms with Crippen molar-refractivity contribution in [3.8, 4) is 11.8 Å². The minimum Gasteiger partial charge on any atom is -0.481 e. The van der Waals surface area contributed by atoms with Gasteiger partial charge in [-0.1, -0.05) is 6.92 Å². The summed E-state index contributed by atoms with van der Waals surface area (Å²) in [4.78, 5) is 20.9. The van der Waals surface area contributed by atoms with Crippen LogP contribution in [0.5, 0.6) is 11.8 Å². The van der Waals surface area contributed by atoms with Crippen LogP contribution in [-0.2, 0) is 4.79 Å². The van der Waals surface area contributed by atoms with Gasteiger partial charge in [-0.3, -0.25) is 10.1 Å². The lowest BCUT2D eigenvalue weighted by molar-refractivity contribution is -0.127. The molecule has 0 unspecified atom stereocenters.